The molecule has 0 aromatic carbocycles. The van der Waals surface area contributed by atoms with Crippen molar-refractivity contribution in [3.05, 3.63) is 11.8 Å². The monoisotopic (exact) mass is 732 g/mol. The first-order valence-electron chi connectivity index (χ1n) is 17.7. The van der Waals surface area contributed by atoms with Gasteiger partial charge in [0.05, 0.1) is 24.5 Å². The number of rotatable bonds is 7. The van der Waals surface area contributed by atoms with Crippen LogP contribution in [0.5, 0.6) is 0 Å². The molecule has 0 aromatic rings. The summed E-state index contributed by atoms with van der Waals surface area (Å²) in [6.45, 7) is 13.0. The second kappa shape index (κ2) is 12.4. The first-order valence-corrected chi connectivity index (χ1v) is 17.7. The number of esters is 6. The highest BCUT2D eigenvalue weighted by molar-refractivity contribution is 5.85. The standard InChI is InChI=1S/C37H48O15/c1-14-11-22-36(8,37(9,45)33(44)52-22)26-23(14)35(7)24(28(26)47-15(2)39)19(13-38)25(29(48-16(3)40)31(35)50-18(5)42)34(6)20(32(43)46-10)12-21-27(51-21)30(34)49-17(4)41/h11,13-14,19-21,23-31,45H,12H2,1-10H3/t14-,19?,20?,21+,23?,24?,25?,26?,27+,28-,29+,30+,31+,34+,35-,36+,37-/m1/s1. The number of aldehydes is 1. The van der Waals surface area contributed by atoms with Crippen molar-refractivity contribution >= 4 is 42.1 Å². The van der Waals surface area contributed by atoms with Gasteiger partial charge in [0.15, 0.2) is 5.60 Å². The van der Waals surface area contributed by atoms with E-state index in [4.69, 9.17) is 33.2 Å². The zero-order valence-electron chi connectivity index (χ0n) is 31.0. The maximum absolute atomic E-state index is 14.0. The molecule has 6 unspecified atom stereocenters. The highest BCUT2D eigenvalue weighted by Crippen LogP contribution is 2.74. The number of methoxy groups -OCH3 is 1. The first-order chi connectivity index (χ1) is 24.1. The fourth-order valence-corrected chi connectivity index (χ4v) is 11.7. The minimum atomic E-state index is -2.13. The van der Waals surface area contributed by atoms with Gasteiger partial charge in [-0.25, -0.2) is 4.79 Å². The number of carbonyl (C=O) groups excluding carboxylic acids is 7. The number of aliphatic hydroxyl groups is 1. The smallest absolute Gasteiger partial charge is 0.343 e. The van der Waals surface area contributed by atoms with Crippen LogP contribution in [-0.2, 0) is 66.7 Å². The normalized spacial score (nSPS) is 48.2. The number of epoxide rings is 1. The molecule has 3 saturated carbocycles. The Labute approximate surface area is 301 Å². The summed E-state index contributed by atoms with van der Waals surface area (Å²) < 4.78 is 41.4. The van der Waals surface area contributed by atoms with Crippen LogP contribution in [0.2, 0.25) is 0 Å². The fraction of sp³-hybridized carbons (Fsp3) is 0.757. The predicted octanol–water partition coefficient (Wildman–Crippen LogP) is 1.84. The molecule has 6 rings (SSSR count). The summed E-state index contributed by atoms with van der Waals surface area (Å²) in [7, 11) is 1.20. The molecule has 0 spiro atoms. The van der Waals surface area contributed by atoms with E-state index in [0.717, 1.165) is 6.92 Å². The molecule has 0 bridgehead atoms. The van der Waals surface area contributed by atoms with E-state index >= 15 is 0 Å². The number of carbonyl (C=O) groups is 7. The van der Waals surface area contributed by atoms with Crippen LogP contribution in [0.15, 0.2) is 11.8 Å². The zero-order chi connectivity index (χ0) is 38.6. The lowest BCUT2D eigenvalue weighted by Crippen LogP contribution is -2.70. The summed E-state index contributed by atoms with van der Waals surface area (Å²) in [4.78, 5) is 93.1. The number of fused-ring (bicyclic) bond motifs is 6. The van der Waals surface area contributed by atoms with Gasteiger partial charge in [0, 0.05) is 62.2 Å². The lowest BCUT2D eigenvalue weighted by molar-refractivity contribution is -0.250. The second-order valence-electron chi connectivity index (χ2n) is 16.3. The van der Waals surface area contributed by atoms with Gasteiger partial charge in [-0.2, -0.15) is 0 Å². The Balaban J connectivity index is 1.68. The molecular formula is C37H48O15. The molecule has 17 atom stereocenters. The Hall–Kier alpha value is -3.85. The van der Waals surface area contributed by atoms with E-state index in [1.165, 1.54) is 34.8 Å². The minimum Gasteiger partial charge on any atom is -0.469 e. The van der Waals surface area contributed by atoms with Crippen LogP contribution in [0, 0.1) is 57.7 Å². The Morgan fingerprint density at radius 3 is 1.88 bits per heavy atom. The molecule has 5 fully saturated rings. The number of hydrogen-bond acceptors (Lipinski definition) is 15. The summed E-state index contributed by atoms with van der Waals surface area (Å²) in [5.74, 6) is -11.1. The topological polar surface area (TPSA) is 208 Å². The molecule has 52 heavy (non-hydrogen) atoms. The van der Waals surface area contributed by atoms with Crippen molar-refractivity contribution in [3.63, 3.8) is 0 Å². The quantitative estimate of drug-likeness (QED) is 0.171. The van der Waals surface area contributed by atoms with Crippen molar-refractivity contribution in [2.75, 3.05) is 7.11 Å². The molecular weight excluding hydrogens is 684 g/mol. The Morgan fingerprint density at radius 2 is 1.35 bits per heavy atom. The number of allylic oxidation sites excluding steroid dienone is 1. The third-order valence-corrected chi connectivity index (χ3v) is 13.7. The maximum Gasteiger partial charge on any atom is 0.343 e. The van der Waals surface area contributed by atoms with E-state index in [2.05, 4.69) is 0 Å². The van der Waals surface area contributed by atoms with Crippen molar-refractivity contribution in [1.29, 1.82) is 0 Å². The number of ether oxygens (including phenoxy) is 7. The van der Waals surface area contributed by atoms with Crippen LogP contribution >= 0.6 is 0 Å². The predicted molar refractivity (Wildman–Crippen MR) is 173 cm³/mol. The van der Waals surface area contributed by atoms with Crippen LogP contribution < -0.4 is 0 Å². The third kappa shape index (κ3) is 5.00. The van der Waals surface area contributed by atoms with Gasteiger partial charge in [0.2, 0.25) is 0 Å². The van der Waals surface area contributed by atoms with Crippen molar-refractivity contribution < 1.29 is 71.8 Å². The summed E-state index contributed by atoms with van der Waals surface area (Å²) in [6.07, 6.45) is -3.86. The molecule has 2 saturated heterocycles. The minimum absolute atomic E-state index is 0.115. The van der Waals surface area contributed by atoms with Gasteiger partial charge in [0.1, 0.15) is 42.6 Å². The highest BCUT2D eigenvalue weighted by atomic mass is 16.6. The molecule has 4 aliphatic carbocycles. The molecule has 1 N–H and O–H groups in total. The van der Waals surface area contributed by atoms with Gasteiger partial charge < -0.3 is 43.1 Å². The van der Waals surface area contributed by atoms with Crippen molar-refractivity contribution in [1.82, 2.24) is 0 Å². The van der Waals surface area contributed by atoms with E-state index in [1.807, 2.05) is 6.92 Å². The fourth-order valence-electron chi connectivity index (χ4n) is 11.7. The van der Waals surface area contributed by atoms with E-state index in [1.54, 1.807) is 26.8 Å². The van der Waals surface area contributed by atoms with Crippen LogP contribution in [0.4, 0.5) is 0 Å². The van der Waals surface area contributed by atoms with Crippen molar-refractivity contribution in [3.8, 4) is 0 Å². The molecule has 2 heterocycles. The SMILES string of the molecule is COC(=O)C1C[C@@H]2O[C@@H]2[C@H](OC(C)=O)[C@]1(C)C1C(C=O)C2[C@@H](OC(C)=O)C3C([C@H](C)C=C4OC(=O)[C@@](C)(O)[C@@]43C)[C@@]2(C)[C@@H](OC(C)=O)[C@H]1OC(C)=O. The van der Waals surface area contributed by atoms with Crippen LogP contribution in [0.3, 0.4) is 0 Å². The highest BCUT2D eigenvalue weighted by Gasteiger charge is 2.82. The summed E-state index contributed by atoms with van der Waals surface area (Å²) in [6, 6.07) is 0. The molecule has 0 aromatic heterocycles. The summed E-state index contributed by atoms with van der Waals surface area (Å²) in [5, 5.41) is 11.9. The van der Waals surface area contributed by atoms with E-state index in [-0.39, 0.29) is 12.2 Å². The summed E-state index contributed by atoms with van der Waals surface area (Å²) in [5.41, 5.74) is -6.59. The number of hydrogen-bond donors (Lipinski definition) is 1. The molecule has 6 aliphatic rings. The second-order valence-corrected chi connectivity index (χ2v) is 16.3. The van der Waals surface area contributed by atoms with Crippen LogP contribution in [-0.4, -0.2) is 96.5 Å². The average Bonchev–Trinajstić information content (AvgIpc) is 3.73. The lowest BCUT2D eigenvalue weighted by Gasteiger charge is -2.61. The molecule has 0 amide bonds. The van der Waals surface area contributed by atoms with Gasteiger partial charge in [-0.1, -0.05) is 20.8 Å². The molecule has 15 nitrogen and oxygen atoms in total. The third-order valence-electron chi connectivity index (χ3n) is 13.7. The molecule has 2 aliphatic heterocycles. The Kier molecular flexibility index (Phi) is 9.00. The van der Waals surface area contributed by atoms with E-state index < -0.39 is 136 Å². The van der Waals surface area contributed by atoms with Gasteiger partial charge in [-0.3, -0.25) is 24.0 Å². The molecule has 15 heteroatoms. The molecule has 286 valence electrons. The Morgan fingerprint density at radius 1 is 0.808 bits per heavy atom. The van der Waals surface area contributed by atoms with Gasteiger partial charge in [-0.05, 0) is 38.2 Å². The zero-order valence-corrected chi connectivity index (χ0v) is 31.0. The van der Waals surface area contributed by atoms with Crippen LogP contribution in [0.1, 0.15) is 68.7 Å². The average molecular weight is 733 g/mol. The Bertz CT molecular complexity index is 1630. The van der Waals surface area contributed by atoms with Gasteiger partial charge in [-0.15, -0.1) is 0 Å². The lowest BCUT2D eigenvalue weighted by atomic mass is 9.45. The summed E-state index contributed by atoms with van der Waals surface area (Å²) >= 11 is 0. The van der Waals surface area contributed by atoms with Crippen LogP contribution in [0.25, 0.3) is 0 Å². The molecule has 0 radical (unpaired) electrons. The first kappa shape index (κ1) is 37.9. The van der Waals surface area contributed by atoms with Crippen molar-refractivity contribution in [2.24, 2.45) is 57.7 Å². The maximum atomic E-state index is 14.0. The van der Waals surface area contributed by atoms with E-state index in [0.29, 0.717) is 6.29 Å². The van der Waals surface area contributed by atoms with Gasteiger partial charge in [0.25, 0.3) is 0 Å². The van der Waals surface area contributed by atoms with Crippen molar-refractivity contribution in [2.45, 2.75) is 111 Å². The van der Waals surface area contributed by atoms with E-state index in [9.17, 15) is 38.7 Å². The van der Waals surface area contributed by atoms with Gasteiger partial charge >= 0.3 is 35.8 Å². The largest absolute Gasteiger partial charge is 0.469 e.